The highest BCUT2D eigenvalue weighted by Gasteiger charge is 2.20. The van der Waals surface area contributed by atoms with Crippen molar-refractivity contribution in [1.82, 2.24) is 10.2 Å². The van der Waals surface area contributed by atoms with Crippen molar-refractivity contribution in [3.05, 3.63) is 65.2 Å². The van der Waals surface area contributed by atoms with Crippen molar-refractivity contribution < 1.29 is 8.78 Å². The van der Waals surface area contributed by atoms with Gasteiger partial charge in [0.25, 0.3) is 0 Å². The highest BCUT2D eigenvalue weighted by atomic mass is 19.1. The Hall–Kier alpha value is -3.14. The standard InChI is InChI=1S/C20H21F2N5/c1-24-20(25-14-16-12-15(13-23)2-7-19(16)22)27-10-8-26(9-11-27)18-5-3-17(21)4-6-18/h2-7,12H,8-11,14H2,1H3,(H,24,25). The maximum atomic E-state index is 13.9. The van der Waals surface area contributed by atoms with Crippen LogP contribution in [0.4, 0.5) is 14.5 Å². The monoisotopic (exact) mass is 369 g/mol. The van der Waals surface area contributed by atoms with Gasteiger partial charge in [-0.15, -0.1) is 0 Å². The van der Waals surface area contributed by atoms with Gasteiger partial charge in [-0.3, -0.25) is 4.99 Å². The van der Waals surface area contributed by atoms with Gasteiger partial charge in [-0.05, 0) is 42.5 Å². The molecular formula is C20H21F2N5. The molecule has 0 atom stereocenters. The quantitative estimate of drug-likeness (QED) is 0.668. The number of nitriles is 1. The lowest BCUT2D eigenvalue weighted by molar-refractivity contribution is 0.372. The zero-order valence-electron chi connectivity index (χ0n) is 15.1. The van der Waals surface area contributed by atoms with E-state index >= 15 is 0 Å². The number of nitrogens with one attached hydrogen (secondary N) is 1. The minimum absolute atomic E-state index is 0.241. The second-order valence-corrected chi connectivity index (χ2v) is 6.27. The van der Waals surface area contributed by atoms with Crippen LogP contribution in [0.5, 0.6) is 0 Å². The predicted octanol–water partition coefficient (Wildman–Crippen LogP) is 2.73. The van der Waals surface area contributed by atoms with Gasteiger partial charge < -0.3 is 15.1 Å². The van der Waals surface area contributed by atoms with Crippen molar-refractivity contribution in [3.63, 3.8) is 0 Å². The van der Waals surface area contributed by atoms with Crippen LogP contribution < -0.4 is 10.2 Å². The third-order valence-corrected chi connectivity index (χ3v) is 4.59. The van der Waals surface area contributed by atoms with Crippen molar-refractivity contribution in [3.8, 4) is 6.07 Å². The smallest absolute Gasteiger partial charge is 0.194 e. The molecule has 5 nitrogen and oxygen atoms in total. The normalized spacial score (nSPS) is 14.8. The molecule has 0 amide bonds. The van der Waals surface area contributed by atoms with Gasteiger partial charge in [0.2, 0.25) is 0 Å². The molecule has 1 aliphatic rings. The van der Waals surface area contributed by atoms with E-state index in [-0.39, 0.29) is 18.2 Å². The highest BCUT2D eigenvalue weighted by molar-refractivity contribution is 5.80. The molecule has 0 radical (unpaired) electrons. The minimum atomic E-state index is -0.349. The van der Waals surface area contributed by atoms with Gasteiger partial charge in [-0.25, -0.2) is 8.78 Å². The molecule has 1 heterocycles. The molecule has 1 saturated heterocycles. The molecule has 7 heteroatoms. The van der Waals surface area contributed by atoms with E-state index in [1.807, 2.05) is 6.07 Å². The molecule has 0 aliphatic carbocycles. The molecule has 0 unspecified atom stereocenters. The van der Waals surface area contributed by atoms with Crippen molar-refractivity contribution in [2.24, 2.45) is 4.99 Å². The molecule has 1 N–H and O–H groups in total. The fourth-order valence-electron chi connectivity index (χ4n) is 3.11. The van der Waals surface area contributed by atoms with Crippen molar-refractivity contribution in [2.75, 3.05) is 38.1 Å². The molecule has 0 saturated carbocycles. The van der Waals surface area contributed by atoms with Crippen molar-refractivity contribution >= 4 is 11.6 Å². The summed E-state index contributed by atoms with van der Waals surface area (Å²) in [6, 6.07) is 12.8. The number of hydrogen-bond donors (Lipinski definition) is 1. The van der Waals surface area contributed by atoms with Gasteiger partial charge in [0.15, 0.2) is 5.96 Å². The lowest BCUT2D eigenvalue weighted by Crippen LogP contribution is -2.52. The summed E-state index contributed by atoms with van der Waals surface area (Å²) in [5.41, 5.74) is 1.85. The van der Waals surface area contributed by atoms with E-state index in [4.69, 9.17) is 5.26 Å². The van der Waals surface area contributed by atoms with Crippen LogP contribution in [-0.4, -0.2) is 44.1 Å². The maximum absolute atomic E-state index is 13.9. The van der Waals surface area contributed by atoms with Crippen LogP contribution in [0.1, 0.15) is 11.1 Å². The molecule has 1 aliphatic heterocycles. The van der Waals surface area contributed by atoms with E-state index in [0.717, 1.165) is 31.9 Å². The number of aliphatic imine (C=N–C) groups is 1. The fourth-order valence-corrected chi connectivity index (χ4v) is 3.11. The molecular weight excluding hydrogens is 348 g/mol. The summed E-state index contributed by atoms with van der Waals surface area (Å²) in [6.45, 7) is 3.32. The molecule has 27 heavy (non-hydrogen) atoms. The first-order chi connectivity index (χ1) is 13.1. The topological polar surface area (TPSA) is 54.7 Å². The number of nitrogens with zero attached hydrogens (tertiary/aromatic N) is 4. The predicted molar refractivity (Wildman–Crippen MR) is 101 cm³/mol. The number of anilines is 1. The fraction of sp³-hybridized carbons (Fsp3) is 0.300. The van der Waals surface area contributed by atoms with Gasteiger partial charge in [0.1, 0.15) is 11.6 Å². The van der Waals surface area contributed by atoms with E-state index in [2.05, 4.69) is 20.1 Å². The van der Waals surface area contributed by atoms with Crippen LogP contribution >= 0.6 is 0 Å². The number of rotatable bonds is 3. The average Bonchev–Trinajstić information content (AvgIpc) is 2.71. The third kappa shape index (κ3) is 4.53. The summed E-state index contributed by atoms with van der Waals surface area (Å²) in [5.74, 6) is 0.100. The summed E-state index contributed by atoms with van der Waals surface area (Å²) < 4.78 is 27.0. The first-order valence-electron chi connectivity index (χ1n) is 8.75. The van der Waals surface area contributed by atoms with Crippen LogP contribution in [0.3, 0.4) is 0 Å². The van der Waals surface area contributed by atoms with E-state index in [1.54, 1.807) is 25.2 Å². The lowest BCUT2D eigenvalue weighted by Gasteiger charge is -2.37. The zero-order chi connectivity index (χ0) is 19.2. The second kappa shape index (κ2) is 8.49. The summed E-state index contributed by atoms with van der Waals surface area (Å²) in [4.78, 5) is 8.58. The minimum Gasteiger partial charge on any atom is -0.368 e. The summed E-state index contributed by atoms with van der Waals surface area (Å²) in [5, 5.41) is 12.1. The zero-order valence-corrected chi connectivity index (χ0v) is 15.1. The van der Waals surface area contributed by atoms with E-state index in [9.17, 15) is 8.78 Å². The van der Waals surface area contributed by atoms with Crippen LogP contribution in [0.25, 0.3) is 0 Å². The summed E-state index contributed by atoms with van der Waals surface area (Å²) in [6.07, 6.45) is 0. The Kier molecular flexibility index (Phi) is 5.87. The second-order valence-electron chi connectivity index (χ2n) is 6.27. The Morgan fingerprint density at radius 1 is 1.11 bits per heavy atom. The summed E-state index contributed by atoms with van der Waals surface area (Å²) >= 11 is 0. The van der Waals surface area contributed by atoms with Crippen LogP contribution in [-0.2, 0) is 6.54 Å². The van der Waals surface area contributed by atoms with E-state index in [1.165, 1.54) is 24.3 Å². The lowest BCUT2D eigenvalue weighted by atomic mass is 10.1. The Labute approximate surface area is 157 Å². The van der Waals surface area contributed by atoms with Crippen LogP contribution in [0.15, 0.2) is 47.5 Å². The molecule has 3 rings (SSSR count). The molecule has 140 valence electrons. The van der Waals surface area contributed by atoms with Gasteiger partial charge in [-0.1, -0.05) is 0 Å². The SMILES string of the molecule is CN=C(NCc1cc(C#N)ccc1F)N1CCN(c2ccc(F)cc2)CC1. The highest BCUT2D eigenvalue weighted by Crippen LogP contribution is 2.17. The van der Waals surface area contributed by atoms with E-state index in [0.29, 0.717) is 17.1 Å². The van der Waals surface area contributed by atoms with E-state index < -0.39 is 0 Å². The molecule has 0 spiro atoms. The molecule has 2 aromatic carbocycles. The van der Waals surface area contributed by atoms with Gasteiger partial charge >= 0.3 is 0 Å². The molecule has 0 bridgehead atoms. The molecule has 1 fully saturated rings. The number of piperazine rings is 1. The maximum Gasteiger partial charge on any atom is 0.194 e. The van der Waals surface area contributed by atoms with Gasteiger partial charge in [0.05, 0.1) is 11.6 Å². The molecule has 0 aromatic heterocycles. The number of guanidine groups is 1. The van der Waals surface area contributed by atoms with Crippen LogP contribution in [0.2, 0.25) is 0 Å². The number of benzene rings is 2. The first-order valence-corrected chi connectivity index (χ1v) is 8.75. The summed E-state index contributed by atoms with van der Waals surface area (Å²) in [7, 11) is 1.69. The van der Waals surface area contributed by atoms with Gasteiger partial charge in [-0.2, -0.15) is 5.26 Å². The Balaban J connectivity index is 1.58. The van der Waals surface area contributed by atoms with Gasteiger partial charge in [0, 0.05) is 51.0 Å². The average molecular weight is 369 g/mol. The first kappa shape index (κ1) is 18.6. The van der Waals surface area contributed by atoms with Crippen molar-refractivity contribution in [2.45, 2.75) is 6.54 Å². The Bertz CT molecular complexity index is 850. The third-order valence-electron chi connectivity index (χ3n) is 4.59. The Morgan fingerprint density at radius 3 is 2.44 bits per heavy atom. The molecule has 2 aromatic rings. The van der Waals surface area contributed by atoms with Crippen molar-refractivity contribution in [1.29, 1.82) is 5.26 Å². The Morgan fingerprint density at radius 2 is 1.81 bits per heavy atom. The number of hydrogen-bond acceptors (Lipinski definition) is 3. The number of halogens is 2. The largest absolute Gasteiger partial charge is 0.368 e. The van der Waals surface area contributed by atoms with Crippen LogP contribution in [0, 0.1) is 23.0 Å².